The fraction of sp³-hybridized carbons (Fsp3) is 0.0323. The summed E-state index contributed by atoms with van der Waals surface area (Å²) in [6, 6.07) is 27.4. The molecule has 0 unspecified atom stereocenters. The minimum Gasteiger partial charge on any atom is -0.289 e. The van der Waals surface area contributed by atoms with Crippen molar-refractivity contribution in [2.24, 2.45) is 10.2 Å². The third-order valence-electron chi connectivity index (χ3n) is 6.77. The number of carbonyl (C=O) groups excluding carboxylic acids is 3. The van der Waals surface area contributed by atoms with Crippen LogP contribution in [0.2, 0.25) is 0 Å². The van der Waals surface area contributed by atoms with Gasteiger partial charge in [0.2, 0.25) is 29.5 Å². The van der Waals surface area contributed by atoms with Gasteiger partial charge in [0.05, 0.1) is 5.71 Å². The van der Waals surface area contributed by atoms with Gasteiger partial charge in [-0.3, -0.25) is 40.5 Å². The van der Waals surface area contributed by atoms with E-state index in [9.17, 15) is 14.4 Å². The largest absolute Gasteiger partial charge is 0.295 e. The molecule has 5 N–H and O–H groups in total. The first kappa shape index (κ1) is 29.4. The summed E-state index contributed by atoms with van der Waals surface area (Å²) in [5.41, 5.74) is 2.93. The first-order chi connectivity index (χ1) is 23.5. The van der Waals surface area contributed by atoms with Crippen LogP contribution < -0.4 is 16.0 Å². The first-order valence-corrected chi connectivity index (χ1v) is 14.3. The minimum absolute atomic E-state index is 0.107. The van der Waals surface area contributed by atoms with E-state index in [2.05, 4.69) is 71.5 Å². The third kappa shape index (κ3) is 6.54. The molecule has 7 rings (SSSR count). The van der Waals surface area contributed by atoms with E-state index in [1.165, 1.54) is 0 Å². The van der Waals surface area contributed by atoms with Gasteiger partial charge < -0.3 is 0 Å². The molecular formula is C31H22N14O3. The third-order valence-corrected chi connectivity index (χ3v) is 6.77. The van der Waals surface area contributed by atoms with Crippen molar-refractivity contribution in [2.45, 2.75) is 6.42 Å². The lowest BCUT2D eigenvalue weighted by Crippen LogP contribution is -2.26. The number of aromatic amines is 2. The zero-order valence-corrected chi connectivity index (χ0v) is 24.6. The Bertz CT molecular complexity index is 2090. The van der Waals surface area contributed by atoms with Crippen LogP contribution in [0.5, 0.6) is 0 Å². The Morgan fingerprint density at radius 3 is 1.38 bits per heavy atom. The van der Waals surface area contributed by atoms with E-state index in [4.69, 9.17) is 0 Å². The van der Waals surface area contributed by atoms with Crippen molar-refractivity contribution in [1.82, 2.24) is 45.3 Å². The molecule has 48 heavy (non-hydrogen) atoms. The molecular weight excluding hydrogens is 616 g/mol. The maximum absolute atomic E-state index is 13.1. The highest BCUT2D eigenvalue weighted by Crippen LogP contribution is 2.18. The molecule has 3 aromatic heterocycles. The maximum Gasteiger partial charge on any atom is 0.295 e. The van der Waals surface area contributed by atoms with Gasteiger partial charge in [-0.05, 0) is 5.56 Å². The highest BCUT2D eigenvalue weighted by Gasteiger charge is 2.24. The Balaban J connectivity index is 1.11. The van der Waals surface area contributed by atoms with Crippen LogP contribution in [0.1, 0.15) is 33.2 Å². The van der Waals surface area contributed by atoms with Gasteiger partial charge in [-0.2, -0.15) is 30.3 Å². The molecule has 3 aromatic carbocycles. The number of H-pyrrole nitrogens is 2. The number of hydrogen-bond acceptors (Lipinski definition) is 12. The highest BCUT2D eigenvalue weighted by molar-refractivity contribution is 6.47. The summed E-state index contributed by atoms with van der Waals surface area (Å²) < 4.78 is 0. The molecule has 17 nitrogen and oxygen atoms in total. The van der Waals surface area contributed by atoms with Crippen molar-refractivity contribution in [3.05, 3.63) is 108 Å². The Hall–Kier alpha value is -7.30. The lowest BCUT2D eigenvalue weighted by Gasteiger charge is -2.09. The van der Waals surface area contributed by atoms with E-state index < -0.39 is 17.7 Å². The first-order valence-electron chi connectivity index (χ1n) is 14.3. The highest BCUT2D eigenvalue weighted by atomic mass is 16.2. The fourth-order valence-corrected chi connectivity index (χ4v) is 4.46. The summed E-state index contributed by atoms with van der Waals surface area (Å²) in [6.45, 7) is 0. The standard InChI is InChI=1S/C31H22N14O3/c46-26(21-16-20(40-41-21)17-10-4-1-5-11-17)34-29-37-30(35-27(47)24-32-22(42-44-24)18-12-6-2-7-13-18)39-31(38-29)36-28(48)25-33-23(43-45-25)19-14-8-3-9-15-19/h1-15H,16H2,(H,32,42,44)(H,33,43,45)(H3,34,35,36,37,38,39,46,47,48). The van der Waals surface area contributed by atoms with Gasteiger partial charge in [-0.25, -0.2) is 9.97 Å². The predicted molar refractivity (Wildman–Crippen MR) is 173 cm³/mol. The molecule has 0 saturated carbocycles. The normalized spacial score (nSPS) is 12.2. The average molecular weight is 639 g/mol. The summed E-state index contributed by atoms with van der Waals surface area (Å²) in [4.78, 5) is 60.2. The second-order valence-corrected chi connectivity index (χ2v) is 10.1. The number of nitrogens with zero attached hydrogens (tertiary/aromatic N) is 9. The van der Waals surface area contributed by atoms with Crippen molar-refractivity contribution in [3.63, 3.8) is 0 Å². The van der Waals surface area contributed by atoms with Gasteiger partial charge in [0.15, 0.2) is 11.6 Å². The van der Waals surface area contributed by atoms with Crippen LogP contribution >= 0.6 is 0 Å². The molecule has 1 aliphatic rings. The molecule has 0 spiro atoms. The van der Waals surface area contributed by atoms with Gasteiger partial charge >= 0.3 is 0 Å². The minimum atomic E-state index is -0.741. The lowest BCUT2D eigenvalue weighted by molar-refractivity contribution is -0.110. The molecule has 0 fully saturated rings. The van der Waals surface area contributed by atoms with E-state index in [1.54, 1.807) is 24.3 Å². The van der Waals surface area contributed by atoms with E-state index in [1.807, 2.05) is 66.7 Å². The van der Waals surface area contributed by atoms with Crippen molar-refractivity contribution in [3.8, 4) is 22.8 Å². The zero-order valence-electron chi connectivity index (χ0n) is 24.6. The van der Waals surface area contributed by atoms with Crippen molar-refractivity contribution < 1.29 is 14.4 Å². The SMILES string of the molecule is O=C(Nc1nc(NC(=O)c2nc(-c3ccccc3)n[nH]2)nc(NC(=O)c2nc(-c3ccccc3)n[nH]2)n1)C1=NN=C(c2ccccc2)C1. The number of rotatable bonds is 9. The van der Waals surface area contributed by atoms with Crippen LogP contribution in [0.4, 0.5) is 17.8 Å². The molecule has 3 amide bonds. The average Bonchev–Trinajstić information content (AvgIpc) is 3.91. The molecule has 0 saturated heterocycles. The summed E-state index contributed by atoms with van der Waals surface area (Å²) in [5, 5.41) is 29.0. The number of carbonyl (C=O) groups is 3. The molecule has 0 radical (unpaired) electrons. The molecule has 234 valence electrons. The quantitative estimate of drug-likeness (QED) is 0.155. The number of nitrogens with one attached hydrogen (secondary N) is 5. The number of hydrogen-bond donors (Lipinski definition) is 5. The molecule has 0 atom stereocenters. The molecule has 17 heteroatoms. The fourth-order valence-electron chi connectivity index (χ4n) is 4.46. The monoisotopic (exact) mass is 638 g/mol. The molecule has 1 aliphatic heterocycles. The predicted octanol–water partition coefficient (Wildman–Crippen LogP) is 3.13. The van der Waals surface area contributed by atoms with Crippen LogP contribution in [0.3, 0.4) is 0 Å². The topological polar surface area (TPSA) is 234 Å². The lowest BCUT2D eigenvalue weighted by atomic mass is 10.1. The smallest absolute Gasteiger partial charge is 0.289 e. The van der Waals surface area contributed by atoms with Gasteiger partial charge in [0, 0.05) is 17.5 Å². The van der Waals surface area contributed by atoms with Crippen LogP contribution in [0, 0.1) is 0 Å². The number of benzene rings is 3. The van der Waals surface area contributed by atoms with Gasteiger partial charge in [-0.15, -0.1) is 5.10 Å². The van der Waals surface area contributed by atoms with E-state index >= 15 is 0 Å². The van der Waals surface area contributed by atoms with Gasteiger partial charge in [0.1, 0.15) is 5.71 Å². The van der Waals surface area contributed by atoms with E-state index in [0.717, 1.165) is 5.56 Å². The van der Waals surface area contributed by atoms with Crippen LogP contribution in [0.25, 0.3) is 22.8 Å². The zero-order chi connectivity index (χ0) is 32.9. The molecule has 0 aliphatic carbocycles. The van der Waals surface area contributed by atoms with E-state index in [0.29, 0.717) is 28.5 Å². The number of aromatic nitrogens is 9. The Labute approximate surface area is 270 Å². The van der Waals surface area contributed by atoms with Crippen molar-refractivity contribution >= 4 is 47.0 Å². The summed E-state index contributed by atoms with van der Waals surface area (Å²) in [5.74, 6) is -2.70. The Morgan fingerprint density at radius 2 is 0.917 bits per heavy atom. The van der Waals surface area contributed by atoms with Crippen LogP contribution in [-0.2, 0) is 4.79 Å². The van der Waals surface area contributed by atoms with Gasteiger partial charge in [0.25, 0.3) is 17.7 Å². The summed E-state index contributed by atoms with van der Waals surface area (Å²) >= 11 is 0. The summed E-state index contributed by atoms with van der Waals surface area (Å²) in [7, 11) is 0. The number of amides is 3. The second-order valence-electron chi connectivity index (χ2n) is 10.1. The van der Waals surface area contributed by atoms with Crippen molar-refractivity contribution in [2.75, 3.05) is 16.0 Å². The number of anilines is 3. The maximum atomic E-state index is 13.1. The van der Waals surface area contributed by atoms with Crippen LogP contribution in [0.15, 0.2) is 101 Å². The molecule has 0 bridgehead atoms. The van der Waals surface area contributed by atoms with Gasteiger partial charge in [-0.1, -0.05) is 91.0 Å². The molecule has 4 heterocycles. The summed E-state index contributed by atoms with van der Waals surface area (Å²) in [6.07, 6.45) is 0.165. The second kappa shape index (κ2) is 13.0. The van der Waals surface area contributed by atoms with Crippen LogP contribution in [-0.4, -0.2) is 74.5 Å². The Kier molecular flexibility index (Phi) is 7.95. The van der Waals surface area contributed by atoms with Crippen molar-refractivity contribution in [1.29, 1.82) is 0 Å². The van der Waals surface area contributed by atoms with E-state index in [-0.39, 0.29) is 41.6 Å². The Morgan fingerprint density at radius 1 is 0.500 bits per heavy atom. The molecule has 6 aromatic rings.